The first-order valence-corrected chi connectivity index (χ1v) is 5.56. The molecule has 0 aliphatic carbocycles. The lowest BCUT2D eigenvalue weighted by Crippen LogP contribution is -2.17. The Bertz CT molecular complexity index is 258. The van der Waals surface area contributed by atoms with Crippen LogP contribution in [0.4, 0.5) is 0 Å². The molecule has 0 heteroatoms. The first kappa shape index (κ1) is 13.5. The zero-order chi connectivity index (χ0) is 11.5. The Labute approximate surface area is 90.1 Å². The summed E-state index contributed by atoms with van der Waals surface area (Å²) >= 11 is 0. The SMILES string of the molecule is CCC(C)=C(C)C(C)(C)C(C)=C(C)C. The zero-order valence-electron chi connectivity index (χ0n) is 11.2. The van der Waals surface area contributed by atoms with Crippen LogP contribution in [0.3, 0.4) is 0 Å². The van der Waals surface area contributed by atoms with Crippen LogP contribution in [-0.4, -0.2) is 0 Å². The predicted molar refractivity (Wildman–Crippen MR) is 66.5 cm³/mol. The molecule has 0 N–H and O–H groups in total. The summed E-state index contributed by atoms with van der Waals surface area (Å²) in [4.78, 5) is 0. The fourth-order valence-corrected chi connectivity index (χ4v) is 1.70. The van der Waals surface area contributed by atoms with Crippen LogP contribution < -0.4 is 0 Å². The van der Waals surface area contributed by atoms with Crippen LogP contribution in [0.25, 0.3) is 0 Å². The van der Waals surface area contributed by atoms with Crippen molar-refractivity contribution >= 4 is 0 Å². The highest BCUT2D eigenvalue weighted by atomic mass is 14.3. The first-order chi connectivity index (χ1) is 6.25. The summed E-state index contributed by atoms with van der Waals surface area (Å²) in [6.07, 6.45) is 1.16. The molecule has 0 saturated carbocycles. The maximum atomic E-state index is 2.32. The molecule has 0 aliphatic rings. The monoisotopic (exact) mass is 194 g/mol. The van der Waals surface area contributed by atoms with Crippen molar-refractivity contribution in [2.45, 2.75) is 61.8 Å². The van der Waals surface area contributed by atoms with E-state index in [-0.39, 0.29) is 5.41 Å². The normalized spacial score (nSPS) is 13.7. The third-order valence-corrected chi connectivity index (χ3v) is 3.80. The molecule has 0 nitrogen and oxygen atoms in total. The van der Waals surface area contributed by atoms with Crippen molar-refractivity contribution in [3.63, 3.8) is 0 Å². The molecular weight excluding hydrogens is 168 g/mol. The predicted octanol–water partition coefficient (Wildman–Crippen LogP) is 5.12. The first-order valence-electron chi connectivity index (χ1n) is 5.56. The highest BCUT2D eigenvalue weighted by Gasteiger charge is 2.23. The maximum Gasteiger partial charge on any atom is 0.00635 e. The molecular formula is C14H26. The summed E-state index contributed by atoms with van der Waals surface area (Å²) in [7, 11) is 0. The second kappa shape index (κ2) is 4.82. The van der Waals surface area contributed by atoms with Gasteiger partial charge in [0.1, 0.15) is 0 Å². The molecule has 0 spiro atoms. The van der Waals surface area contributed by atoms with Gasteiger partial charge in [0.15, 0.2) is 0 Å². The molecule has 0 atom stereocenters. The maximum absolute atomic E-state index is 2.32. The topological polar surface area (TPSA) is 0 Å². The molecule has 0 unspecified atom stereocenters. The quantitative estimate of drug-likeness (QED) is 0.547. The van der Waals surface area contributed by atoms with Gasteiger partial charge in [-0.05, 0) is 41.0 Å². The van der Waals surface area contributed by atoms with E-state index in [1.165, 1.54) is 22.3 Å². The van der Waals surface area contributed by atoms with E-state index >= 15 is 0 Å². The van der Waals surface area contributed by atoms with Crippen molar-refractivity contribution in [1.82, 2.24) is 0 Å². The number of hydrogen-bond acceptors (Lipinski definition) is 0. The van der Waals surface area contributed by atoms with Crippen LogP contribution in [0.15, 0.2) is 22.3 Å². The van der Waals surface area contributed by atoms with Crippen molar-refractivity contribution < 1.29 is 0 Å². The van der Waals surface area contributed by atoms with Crippen molar-refractivity contribution in [1.29, 1.82) is 0 Å². The molecule has 0 bridgehead atoms. The minimum Gasteiger partial charge on any atom is -0.0766 e. The van der Waals surface area contributed by atoms with Crippen LogP contribution >= 0.6 is 0 Å². The van der Waals surface area contributed by atoms with Gasteiger partial charge in [0.05, 0.1) is 0 Å². The van der Waals surface area contributed by atoms with E-state index in [4.69, 9.17) is 0 Å². The molecule has 14 heavy (non-hydrogen) atoms. The number of hydrogen-bond donors (Lipinski definition) is 0. The van der Waals surface area contributed by atoms with Gasteiger partial charge in [-0.25, -0.2) is 0 Å². The van der Waals surface area contributed by atoms with Gasteiger partial charge in [-0.3, -0.25) is 0 Å². The summed E-state index contributed by atoms with van der Waals surface area (Å²) in [5.74, 6) is 0. The Balaban J connectivity index is 5.28. The molecule has 0 radical (unpaired) electrons. The van der Waals surface area contributed by atoms with E-state index in [9.17, 15) is 0 Å². The van der Waals surface area contributed by atoms with Crippen molar-refractivity contribution in [3.05, 3.63) is 22.3 Å². The lowest BCUT2D eigenvalue weighted by atomic mass is 9.75. The largest absolute Gasteiger partial charge is 0.0766 e. The minimum atomic E-state index is 0.221. The Morgan fingerprint density at radius 1 is 0.857 bits per heavy atom. The smallest absolute Gasteiger partial charge is 0.00635 e. The summed E-state index contributed by atoms with van der Waals surface area (Å²) in [6, 6.07) is 0. The lowest BCUT2D eigenvalue weighted by Gasteiger charge is -2.30. The number of allylic oxidation sites excluding steroid dienone is 4. The molecule has 82 valence electrons. The van der Waals surface area contributed by atoms with Crippen molar-refractivity contribution in [2.75, 3.05) is 0 Å². The number of rotatable bonds is 3. The third-order valence-electron chi connectivity index (χ3n) is 3.80. The summed E-state index contributed by atoms with van der Waals surface area (Å²) in [5, 5.41) is 0. The Kier molecular flexibility index (Phi) is 4.64. The Morgan fingerprint density at radius 2 is 1.29 bits per heavy atom. The third kappa shape index (κ3) is 2.73. The van der Waals surface area contributed by atoms with Crippen molar-refractivity contribution in [3.8, 4) is 0 Å². The average Bonchev–Trinajstić information content (AvgIpc) is 2.13. The van der Waals surface area contributed by atoms with E-state index in [0.29, 0.717) is 0 Å². The van der Waals surface area contributed by atoms with E-state index in [2.05, 4.69) is 55.4 Å². The average molecular weight is 194 g/mol. The van der Waals surface area contributed by atoms with Gasteiger partial charge in [0.2, 0.25) is 0 Å². The lowest BCUT2D eigenvalue weighted by molar-refractivity contribution is 0.524. The van der Waals surface area contributed by atoms with Gasteiger partial charge in [0, 0.05) is 5.41 Å². The summed E-state index contributed by atoms with van der Waals surface area (Å²) < 4.78 is 0. The highest BCUT2D eigenvalue weighted by Crippen LogP contribution is 2.37. The Hall–Kier alpha value is -0.520. The van der Waals surface area contributed by atoms with Crippen LogP contribution in [0.5, 0.6) is 0 Å². The van der Waals surface area contributed by atoms with Gasteiger partial charge in [-0.1, -0.05) is 43.1 Å². The Morgan fingerprint density at radius 3 is 1.57 bits per heavy atom. The molecule has 0 aromatic carbocycles. The van der Waals surface area contributed by atoms with E-state index in [0.717, 1.165) is 6.42 Å². The second-order valence-corrected chi connectivity index (χ2v) is 5.01. The fraction of sp³-hybridized carbons (Fsp3) is 0.714. The molecule has 0 aromatic rings. The molecule has 0 saturated heterocycles. The van der Waals surface area contributed by atoms with E-state index in [1.54, 1.807) is 0 Å². The van der Waals surface area contributed by atoms with Gasteiger partial charge in [-0.15, -0.1) is 0 Å². The summed E-state index contributed by atoms with van der Waals surface area (Å²) in [5.41, 5.74) is 6.22. The van der Waals surface area contributed by atoms with Crippen molar-refractivity contribution in [2.24, 2.45) is 5.41 Å². The fourth-order valence-electron chi connectivity index (χ4n) is 1.70. The summed E-state index contributed by atoms with van der Waals surface area (Å²) in [6.45, 7) is 18.0. The molecule has 0 rings (SSSR count). The minimum absolute atomic E-state index is 0.221. The van der Waals surface area contributed by atoms with E-state index in [1.807, 2.05) is 0 Å². The molecule has 0 amide bonds. The molecule has 0 aliphatic heterocycles. The van der Waals surface area contributed by atoms with Gasteiger partial charge >= 0.3 is 0 Å². The standard InChI is InChI=1S/C14H26/c1-9-11(4)13(6)14(7,8)12(5)10(2)3/h9H2,1-8H3. The van der Waals surface area contributed by atoms with E-state index < -0.39 is 0 Å². The second-order valence-electron chi connectivity index (χ2n) is 5.01. The van der Waals surface area contributed by atoms with Crippen LogP contribution in [0.1, 0.15) is 61.8 Å². The van der Waals surface area contributed by atoms with Gasteiger partial charge < -0.3 is 0 Å². The zero-order valence-corrected chi connectivity index (χ0v) is 11.2. The highest BCUT2D eigenvalue weighted by molar-refractivity contribution is 5.30. The molecule has 0 heterocycles. The van der Waals surface area contributed by atoms with Crippen LogP contribution in [-0.2, 0) is 0 Å². The molecule has 0 aromatic heterocycles. The van der Waals surface area contributed by atoms with Crippen LogP contribution in [0, 0.1) is 5.41 Å². The van der Waals surface area contributed by atoms with Gasteiger partial charge in [0.25, 0.3) is 0 Å². The van der Waals surface area contributed by atoms with Gasteiger partial charge in [-0.2, -0.15) is 0 Å². The van der Waals surface area contributed by atoms with Crippen LogP contribution in [0.2, 0.25) is 0 Å². The molecule has 0 fully saturated rings.